The van der Waals surface area contributed by atoms with Gasteiger partial charge in [0.1, 0.15) is 11.6 Å². The van der Waals surface area contributed by atoms with E-state index in [4.69, 9.17) is 11.6 Å². The molecule has 0 aromatic heterocycles. The molecule has 0 saturated heterocycles. The second-order valence-electron chi connectivity index (χ2n) is 3.94. The van der Waals surface area contributed by atoms with E-state index in [1.54, 1.807) is 0 Å². The molecule has 5 heteroatoms. The minimum absolute atomic E-state index is 0.0381. The molecule has 0 saturated carbocycles. The molecule has 0 heterocycles. The summed E-state index contributed by atoms with van der Waals surface area (Å²) < 4.78 is 13.0. The number of nitrogens with zero attached hydrogens (tertiary/aromatic N) is 1. The number of benzene rings is 1. The Hall–Kier alpha value is -1.29. The topological polar surface area (TPSA) is 40.5 Å². The zero-order valence-electron chi connectivity index (χ0n) is 9.78. The molecule has 0 radical (unpaired) electrons. The van der Waals surface area contributed by atoms with Crippen molar-refractivity contribution in [3.8, 4) is 5.75 Å². The van der Waals surface area contributed by atoms with Crippen molar-refractivity contribution >= 4 is 17.5 Å². The van der Waals surface area contributed by atoms with E-state index in [1.165, 1.54) is 11.0 Å². The number of rotatable bonds is 4. The van der Waals surface area contributed by atoms with Gasteiger partial charge in [0, 0.05) is 18.5 Å². The summed E-state index contributed by atoms with van der Waals surface area (Å²) in [5.41, 5.74) is -0.0381. The third-order valence-electron chi connectivity index (χ3n) is 2.40. The minimum Gasteiger partial charge on any atom is -0.507 e. The molecule has 0 unspecified atom stereocenters. The van der Waals surface area contributed by atoms with Crippen LogP contribution in [0, 0.1) is 5.82 Å². The summed E-state index contributed by atoms with van der Waals surface area (Å²) in [6.45, 7) is 4.02. The highest BCUT2D eigenvalue weighted by Gasteiger charge is 2.21. The molecule has 0 aliphatic rings. The summed E-state index contributed by atoms with van der Waals surface area (Å²) in [7, 11) is 0. The molecule has 3 nitrogen and oxygen atoms in total. The van der Waals surface area contributed by atoms with Crippen LogP contribution in [-0.4, -0.2) is 34.4 Å². The predicted octanol–water partition coefficient (Wildman–Crippen LogP) is 2.62. The number of amides is 1. The first-order valence-corrected chi connectivity index (χ1v) is 5.86. The van der Waals surface area contributed by atoms with Crippen LogP contribution >= 0.6 is 11.6 Å². The maximum Gasteiger partial charge on any atom is 0.257 e. The van der Waals surface area contributed by atoms with Gasteiger partial charge in [0.2, 0.25) is 0 Å². The van der Waals surface area contributed by atoms with Crippen LogP contribution < -0.4 is 0 Å². The number of phenolic OH excluding ortho intramolecular Hbond substituents is 1. The Balaban J connectivity index is 3.04. The van der Waals surface area contributed by atoms with Gasteiger partial charge in [0.15, 0.2) is 0 Å². The molecular formula is C12H15ClFNO2. The lowest BCUT2D eigenvalue weighted by Gasteiger charge is -2.26. The van der Waals surface area contributed by atoms with Crippen molar-refractivity contribution < 1.29 is 14.3 Å². The number of hydrogen-bond donors (Lipinski definition) is 1. The SMILES string of the molecule is CC(C)N(CCCl)C(=O)c1cc(F)ccc1O. The summed E-state index contributed by atoms with van der Waals surface area (Å²) in [6, 6.07) is 3.24. The third kappa shape index (κ3) is 3.33. The van der Waals surface area contributed by atoms with Gasteiger partial charge >= 0.3 is 0 Å². The molecule has 1 aromatic rings. The van der Waals surface area contributed by atoms with E-state index in [0.29, 0.717) is 12.4 Å². The molecule has 94 valence electrons. The van der Waals surface area contributed by atoms with Crippen molar-refractivity contribution in [2.24, 2.45) is 0 Å². The fourth-order valence-corrected chi connectivity index (χ4v) is 1.70. The van der Waals surface area contributed by atoms with E-state index >= 15 is 0 Å². The van der Waals surface area contributed by atoms with Gasteiger partial charge in [0.25, 0.3) is 5.91 Å². The standard InChI is InChI=1S/C12H15ClFNO2/c1-8(2)15(6-5-13)12(17)10-7-9(14)3-4-11(10)16/h3-4,7-8,16H,5-6H2,1-2H3. The molecule has 1 aromatic carbocycles. The zero-order chi connectivity index (χ0) is 13.0. The minimum atomic E-state index is -0.555. The highest BCUT2D eigenvalue weighted by molar-refractivity contribution is 6.18. The van der Waals surface area contributed by atoms with Gasteiger partial charge in [-0.05, 0) is 32.0 Å². The Morgan fingerprint density at radius 2 is 2.18 bits per heavy atom. The molecular weight excluding hydrogens is 245 g/mol. The number of alkyl halides is 1. The first kappa shape index (κ1) is 13.8. The van der Waals surface area contributed by atoms with Gasteiger partial charge in [-0.2, -0.15) is 0 Å². The van der Waals surface area contributed by atoms with Crippen molar-refractivity contribution in [2.75, 3.05) is 12.4 Å². The summed E-state index contributed by atoms with van der Waals surface area (Å²) >= 11 is 5.61. The zero-order valence-corrected chi connectivity index (χ0v) is 10.5. The number of halogens is 2. The summed E-state index contributed by atoms with van der Waals surface area (Å²) in [5, 5.41) is 9.56. The lowest BCUT2D eigenvalue weighted by atomic mass is 10.1. The highest BCUT2D eigenvalue weighted by Crippen LogP contribution is 2.20. The Morgan fingerprint density at radius 3 is 2.71 bits per heavy atom. The van der Waals surface area contributed by atoms with Crippen molar-refractivity contribution in [3.05, 3.63) is 29.6 Å². The number of aromatic hydroxyl groups is 1. The molecule has 17 heavy (non-hydrogen) atoms. The first-order valence-electron chi connectivity index (χ1n) is 5.32. The summed E-state index contributed by atoms with van der Waals surface area (Å²) in [5.74, 6) is -0.907. The van der Waals surface area contributed by atoms with Gasteiger partial charge in [-0.25, -0.2) is 4.39 Å². The predicted molar refractivity (Wildman–Crippen MR) is 65.0 cm³/mol. The number of carbonyl (C=O) groups excluding carboxylic acids is 1. The van der Waals surface area contributed by atoms with Crippen LogP contribution in [0.4, 0.5) is 4.39 Å². The molecule has 1 N–H and O–H groups in total. The number of phenols is 1. The van der Waals surface area contributed by atoms with Crippen LogP contribution in [0.15, 0.2) is 18.2 Å². The van der Waals surface area contributed by atoms with Crippen LogP contribution in [0.25, 0.3) is 0 Å². The van der Waals surface area contributed by atoms with Gasteiger partial charge in [0.05, 0.1) is 5.56 Å². The second kappa shape index (κ2) is 5.87. The Morgan fingerprint density at radius 1 is 1.53 bits per heavy atom. The fourth-order valence-electron chi connectivity index (χ4n) is 1.52. The van der Waals surface area contributed by atoms with Crippen molar-refractivity contribution in [1.29, 1.82) is 0 Å². The third-order valence-corrected chi connectivity index (χ3v) is 2.57. The van der Waals surface area contributed by atoms with Crippen LogP contribution in [0.1, 0.15) is 24.2 Å². The normalized spacial score (nSPS) is 10.6. The molecule has 0 bridgehead atoms. The maximum atomic E-state index is 13.0. The van der Waals surface area contributed by atoms with E-state index in [0.717, 1.165) is 12.1 Å². The van der Waals surface area contributed by atoms with Crippen molar-refractivity contribution in [3.63, 3.8) is 0 Å². The van der Waals surface area contributed by atoms with Crippen LogP contribution in [0.2, 0.25) is 0 Å². The van der Waals surface area contributed by atoms with E-state index in [1.807, 2.05) is 13.8 Å². The van der Waals surface area contributed by atoms with Gasteiger partial charge in [-0.3, -0.25) is 4.79 Å². The smallest absolute Gasteiger partial charge is 0.257 e. The molecule has 0 aliphatic heterocycles. The van der Waals surface area contributed by atoms with E-state index in [-0.39, 0.29) is 17.4 Å². The van der Waals surface area contributed by atoms with Crippen molar-refractivity contribution in [2.45, 2.75) is 19.9 Å². The van der Waals surface area contributed by atoms with Crippen LogP contribution in [-0.2, 0) is 0 Å². The van der Waals surface area contributed by atoms with E-state index < -0.39 is 11.7 Å². The largest absolute Gasteiger partial charge is 0.507 e. The summed E-state index contributed by atoms with van der Waals surface area (Å²) in [4.78, 5) is 13.6. The Bertz CT molecular complexity index is 409. The molecule has 1 amide bonds. The maximum absolute atomic E-state index is 13.0. The van der Waals surface area contributed by atoms with E-state index in [9.17, 15) is 14.3 Å². The quantitative estimate of drug-likeness (QED) is 0.845. The highest BCUT2D eigenvalue weighted by atomic mass is 35.5. The Kier molecular flexibility index (Phi) is 4.75. The average Bonchev–Trinajstić information content (AvgIpc) is 2.28. The summed E-state index contributed by atoms with van der Waals surface area (Å²) in [6.07, 6.45) is 0. The van der Waals surface area contributed by atoms with E-state index in [2.05, 4.69) is 0 Å². The van der Waals surface area contributed by atoms with Crippen LogP contribution in [0.3, 0.4) is 0 Å². The average molecular weight is 260 g/mol. The van der Waals surface area contributed by atoms with Crippen molar-refractivity contribution in [1.82, 2.24) is 4.90 Å². The van der Waals surface area contributed by atoms with Gasteiger partial charge in [-0.15, -0.1) is 11.6 Å². The van der Waals surface area contributed by atoms with Crippen LogP contribution in [0.5, 0.6) is 5.75 Å². The second-order valence-corrected chi connectivity index (χ2v) is 4.32. The lowest BCUT2D eigenvalue weighted by molar-refractivity contribution is 0.0714. The molecule has 0 fully saturated rings. The number of carbonyl (C=O) groups is 1. The fraction of sp³-hybridized carbons (Fsp3) is 0.417. The Labute approximate surface area is 105 Å². The monoisotopic (exact) mass is 259 g/mol. The molecule has 0 aliphatic carbocycles. The van der Waals surface area contributed by atoms with Gasteiger partial charge in [-0.1, -0.05) is 0 Å². The lowest BCUT2D eigenvalue weighted by Crippen LogP contribution is -2.38. The van der Waals surface area contributed by atoms with Gasteiger partial charge < -0.3 is 10.0 Å². The molecule has 0 atom stereocenters. The molecule has 0 spiro atoms. The number of hydrogen-bond acceptors (Lipinski definition) is 2. The first-order chi connectivity index (χ1) is 7.97. The molecule has 1 rings (SSSR count).